The molecule has 0 unspecified atom stereocenters. The summed E-state index contributed by atoms with van der Waals surface area (Å²) >= 11 is 0. The minimum Gasteiger partial charge on any atom is -0.459 e. The highest BCUT2D eigenvalue weighted by molar-refractivity contribution is 7.92. The third kappa shape index (κ3) is 4.88. The first-order valence-electron chi connectivity index (χ1n) is 8.82. The Bertz CT molecular complexity index is 1050. The molecule has 0 radical (unpaired) electrons. The van der Waals surface area contributed by atoms with Gasteiger partial charge in [0.25, 0.3) is 0 Å². The number of nitrogens with one attached hydrogen (secondary N) is 1. The summed E-state index contributed by atoms with van der Waals surface area (Å²) in [6.45, 7) is 1.51. The number of fused-ring (bicyclic) bond motifs is 1. The van der Waals surface area contributed by atoms with Gasteiger partial charge in [-0.1, -0.05) is 48.5 Å². The number of benzene rings is 2. The Labute approximate surface area is 164 Å². The van der Waals surface area contributed by atoms with Crippen LogP contribution >= 0.6 is 0 Å². The Balaban J connectivity index is 1.60. The monoisotopic (exact) mass is 398 g/mol. The van der Waals surface area contributed by atoms with E-state index >= 15 is 0 Å². The van der Waals surface area contributed by atoms with Crippen molar-refractivity contribution in [3.63, 3.8) is 0 Å². The number of carbonyl (C=O) groups is 1. The normalized spacial score (nSPS) is 13.2. The number of hydrogen-bond donors (Lipinski definition) is 1. The van der Waals surface area contributed by atoms with Crippen LogP contribution in [0, 0.1) is 0 Å². The van der Waals surface area contributed by atoms with Gasteiger partial charge in [0.15, 0.2) is 0 Å². The number of hydrogen-bond acceptors (Lipinski definition) is 4. The van der Waals surface area contributed by atoms with Crippen molar-refractivity contribution in [2.24, 2.45) is 0 Å². The van der Waals surface area contributed by atoms with Gasteiger partial charge < -0.3 is 9.73 Å². The Hall–Kier alpha value is -2.90. The predicted octanol–water partition coefficient (Wildman–Crippen LogP) is 3.54. The molecule has 1 amide bonds. The molecule has 28 heavy (non-hydrogen) atoms. The van der Waals surface area contributed by atoms with Gasteiger partial charge in [0, 0.05) is 17.8 Å². The third-order valence-corrected chi connectivity index (χ3v) is 5.76. The first kappa shape index (κ1) is 19.9. The van der Waals surface area contributed by atoms with Gasteiger partial charge in [0.05, 0.1) is 12.6 Å². The summed E-state index contributed by atoms with van der Waals surface area (Å²) in [7, 11) is -2.33. The summed E-state index contributed by atoms with van der Waals surface area (Å²) in [5.74, 6) is 0.205. The van der Waals surface area contributed by atoms with Crippen LogP contribution < -0.4 is 5.32 Å². The molecule has 7 heteroatoms. The molecule has 1 atom stereocenters. The predicted molar refractivity (Wildman–Crippen MR) is 110 cm³/mol. The number of likely N-dealkylation sites (N-methyl/N-ethyl adjacent to an activating group) is 1. The van der Waals surface area contributed by atoms with Gasteiger partial charge in [-0.05, 0) is 30.7 Å². The van der Waals surface area contributed by atoms with Crippen molar-refractivity contribution in [2.45, 2.75) is 13.0 Å². The zero-order valence-electron chi connectivity index (χ0n) is 15.7. The summed E-state index contributed by atoms with van der Waals surface area (Å²) in [6.07, 6.45) is 1.50. The molecule has 0 aliphatic carbocycles. The Morgan fingerprint density at radius 3 is 2.54 bits per heavy atom. The molecule has 0 saturated heterocycles. The average molecular weight is 398 g/mol. The van der Waals surface area contributed by atoms with Crippen molar-refractivity contribution in [3.8, 4) is 0 Å². The number of rotatable bonds is 7. The summed E-state index contributed by atoms with van der Waals surface area (Å²) < 4.78 is 31.4. The van der Waals surface area contributed by atoms with E-state index in [2.05, 4.69) is 5.32 Å². The van der Waals surface area contributed by atoms with E-state index < -0.39 is 15.9 Å². The zero-order valence-corrected chi connectivity index (χ0v) is 16.5. The van der Waals surface area contributed by atoms with Crippen molar-refractivity contribution in [1.29, 1.82) is 0 Å². The summed E-state index contributed by atoms with van der Waals surface area (Å²) in [5.41, 5.74) is 1.51. The topological polar surface area (TPSA) is 79.6 Å². The lowest BCUT2D eigenvalue weighted by molar-refractivity contribution is -0.121. The number of amides is 1. The van der Waals surface area contributed by atoms with Gasteiger partial charge in [-0.25, -0.2) is 8.42 Å². The van der Waals surface area contributed by atoms with E-state index in [1.165, 1.54) is 13.1 Å². The lowest BCUT2D eigenvalue weighted by atomic mass is 10.2. The SMILES string of the molecule is C[C@H](NC(=O)CN(C)S(=O)(=O)/C=C/c1ccccc1)c1cc2ccccc2o1. The fraction of sp³-hybridized carbons (Fsp3) is 0.190. The molecule has 2 aromatic carbocycles. The van der Waals surface area contributed by atoms with Gasteiger partial charge in [-0.3, -0.25) is 4.79 Å². The molecule has 6 nitrogen and oxygen atoms in total. The number of nitrogens with zero attached hydrogens (tertiary/aromatic N) is 1. The maximum absolute atomic E-state index is 12.4. The van der Waals surface area contributed by atoms with Crippen LogP contribution in [0.3, 0.4) is 0 Å². The van der Waals surface area contributed by atoms with Crippen LogP contribution in [0.15, 0.2) is 70.5 Å². The molecule has 0 saturated carbocycles. The molecule has 0 aliphatic heterocycles. The smallest absolute Gasteiger partial charge is 0.236 e. The minimum absolute atomic E-state index is 0.286. The quantitative estimate of drug-likeness (QED) is 0.660. The number of para-hydroxylation sites is 1. The molecular weight excluding hydrogens is 376 g/mol. The van der Waals surface area contributed by atoms with Crippen molar-refractivity contribution in [3.05, 3.63) is 77.4 Å². The fourth-order valence-corrected chi connectivity index (χ4v) is 3.53. The van der Waals surface area contributed by atoms with Crippen LogP contribution in [0.1, 0.15) is 24.3 Å². The molecule has 0 aliphatic rings. The molecule has 3 aromatic rings. The number of sulfonamides is 1. The first-order chi connectivity index (χ1) is 13.3. The van der Waals surface area contributed by atoms with Crippen LogP contribution in [0.25, 0.3) is 17.0 Å². The van der Waals surface area contributed by atoms with Crippen molar-refractivity contribution >= 4 is 33.0 Å². The first-order valence-corrected chi connectivity index (χ1v) is 10.3. The molecule has 3 rings (SSSR count). The van der Waals surface area contributed by atoms with Crippen LogP contribution in [-0.2, 0) is 14.8 Å². The second-order valence-corrected chi connectivity index (χ2v) is 8.42. The number of carbonyl (C=O) groups excluding carboxylic acids is 1. The van der Waals surface area contributed by atoms with Crippen molar-refractivity contribution in [1.82, 2.24) is 9.62 Å². The highest BCUT2D eigenvalue weighted by Gasteiger charge is 2.20. The zero-order chi connectivity index (χ0) is 20.1. The van der Waals surface area contributed by atoms with Crippen molar-refractivity contribution < 1.29 is 17.6 Å². The van der Waals surface area contributed by atoms with Crippen molar-refractivity contribution in [2.75, 3.05) is 13.6 Å². The minimum atomic E-state index is -3.71. The molecule has 0 bridgehead atoms. The van der Waals surface area contributed by atoms with Gasteiger partial charge in [-0.2, -0.15) is 4.31 Å². The Morgan fingerprint density at radius 2 is 1.82 bits per heavy atom. The van der Waals surface area contributed by atoms with Gasteiger partial charge in [0.1, 0.15) is 11.3 Å². The van der Waals surface area contributed by atoms with E-state index in [4.69, 9.17) is 4.42 Å². The van der Waals surface area contributed by atoms with Crippen LogP contribution in [0.5, 0.6) is 0 Å². The van der Waals surface area contributed by atoms with Gasteiger partial charge in [0.2, 0.25) is 15.9 Å². The van der Waals surface area contributed by atoms with Gasteiger partial charge >= 0.3 is 0 Å². The average Bonchev–Trinajstić information content (AvgIpc) is 3.11. The summed E-state index contributed by atoms with van der Waals surface area (Å²) in [4.78, 5) is 12.3. The second kappa shape index (κ2) is 8.41. The lowest BCUT2D eigenvalue weighted by Crippen LogP contribution is -2.38. The Kier molecular flexibility index (Phi) is 5.96. The fourth-order valence-electron chi connectivity index (χ4n) is 2.70. The molecule has 0 fully saturated rings. The summed E-state index contributed by atoms with van der Waals surface area (Å²) in [5, 5.41) is 4.82. The summed E-state index contributed by atoms with van der Waals surface area (Å²) in [6, 6.07) is 18.1. The highest BCUT2D eigenvalue weighted by Crippen LogP contribution is 2.23. The van der Waals surface area contributed by atoms with E-state index in [0.717, 1.165) is 26.2 Å². The largest absolute Gasteiger partial charge is 0.459 e. The standard InChI is InChI=1S/C21H22N2O4S/c1-16(20-14-18-10-6-7-11-19(18)27-20)22-21(24)15-23(2)28(25,26)13-12-17-8-4-3-5-9-17/h3-14,16H,15H2,1-2H3,(H,22,24)/b13-12+/t16-/m0/s1. The van der Waals surface area contributed by atoms with Crippen LogP contribution in [0.4, 0.5) is 0 Å². The maximum Gasteiger partial charge on any atom is 0.236 e. The van der Waals surface area contributed by atoms with E-state index in [0.29, 0.717) is 5.76 Å². The maximum atomic E-state index is 12.4. The molecule has 1 N–H and O–H groups in total. The van der Waals surface area contributed by atoms with E-state index in [-0.39, 0.29) is 12.6 Å². The highest BCUT2D eigenvalue weighted by atomic mass is 32.2. The Morgan fingerprint density at radius 1 is 1.14 bits per heavy atom. The van der Waals surface area contributed by atoms with Crippen LogP contribution in [0.2, 0.25) is 0 Å². The second-order valence-electron chi connectivity index (χ2n) is 6.49. The van der Waals surface area contributed by atoms with E-state index in [9.17, 15) is 13.2 Å². The molecule has 146 valence electrons. The number of furan rings is 1. The van der Waals surface area contributed by atoms with Crippen LogP contribution in [-0.4, -0.2) is 32.2 Å². The molecule has 1 aromatic heterocycles. The molecule has 1 heterocycles. The van der Waals surface area contributed by atoms with E-state index in [1.807, 2.05) is 48.5 Å². The molecular formula is C21H22N2O4S. The lowest BCUT2D eigenvalue weighted by Gasteiger charge is -2.16. The van der Waals surface area contributed by atoms with Gasteiger partial charge in [-0.15, -0.1) is 0 Å². The van der Waals surface area contributed by atoms with E-state index in [1.54, 1.807) is 19.1 Å². The third-order valence-electron chi connectivity index (χ3n) is 4.28. The molecule has 0 spiro atoms.